The molecule has 0 bridgehead atoms. The lowest BCUT2D eigenvalue weighted by Crippen LogP contribution is -2.45. The number of rotatable bonds is 7. The van der Waals surface area contributed by atoms with Gasteiger partial charge in [0.25, 0.3) is 0 Å². The van der Waals surface area contributed by atoms with Crippen LogP contribution in [0.15, 0.2) is 12.1 Å². The van der Waals surface area contributed by atoms with Crippen molar-refractivity contribution in [1.29, 1.82) is 0 Å². The predicted molar refractivity (Wildman–Crippen MR) is 88.4 cm³/mol. The molecule has 1 aromatic carbocycles. The highest BCUT2D eigenvalue weighted by Crippen LogP contribution is 2.27. The number of benzene rings is 1. The van der Waals surface area contributed by atoms with E-state index in [0.717, 1.165) is 11.1 Å². The Hall–Kier alpha value is -1.59. The SMILES string of the molecule is CC[C@H](C)[C@H](NCC(=O)Nc1c(C)cc(C)cc1Cl)C(=O)O. The normalized spacial score (nSPS) is 13.5. The van der Waals surface area contributed by atoms with Crippen LogP contribution in [0, 0.1) is 19.8 Å². The third-order valence-corrected chi connectivity index (χ3v) is 3.96. The zero-order valence-corrected chi connectivity index (χ0v) is 14.1. The monoisotopic (exact) mass is 326 g/mol. The third-order valence-electron chi connectivity index (χ3n) is 3.66. The number of hydrogen-bond acceptors (Lipinski definition) is 3. The van der Waals surface area contributed by atoms with Crippen molar-refractivity contribution in [2.75, 3.05) is 11.9 Å². The van der Waals surface area contributed by atoms with Crippen molar-refractivity contribution in [2.24, 2.45) is 5.92 Å². The second-order valence-corrected chi connectivity index (χ2v) is 5.98. The van der Waals surface area contributed by atoms with Crippen LogP contribution in [-0.2, 0) is 9.59 Å². The van der Waals surface area contributed by atoms with Crippen LogP contribution in [0.4, 0.5) is 5.69 Å². The van der Waals surface area contributed by atoms with Crippen molar-refractivity contribution >= 4 is 29.2 Å². The largest absolute Gasteiger partial charge is 0.480 e. The Bertz CT molecular complexity index is 537. The molecule has 0 unspecified atom stereocenters. The molecule has 0 saturated heterocycles. The lowest BCUT2D eigenvalue weighted by atomic mass is 9.99. The van der Waals surface area contributed by atoms with Gasteiger partial charge in [-0.1, -0.05) is 37.9 Å². The van der Waals surface area contributed by atoms with E-state index in [1.54, 1.807) is 6.07 Å². The Balaban J connectivity index is 2.69. The summed E-state index contributed by atoms with van der Waals surface area (Å²) in [5, 5.41) is 15.2. The zero-order chi connectivity index (χ0) is 16.9. The van der Waals surface area contributed by atoms with Crippen LogP contribution in [0.25, 0.3) is 0 Å². The number of hydrogen-bond donors (Lipinski definition) is 3. The molecular formula is C16H23ClN2O3. The molecule has 1 amide bonds. The lowest BCUT2D eigenvalue weighted by molar-refractivity contribution is -0.140. The van der Waals surface area contributed by atoms with Gasteiger partial charge in [-0.05, 0) is 37.0 Å². The Morgan fingerprint density at radius 3 is 2.45 bits per heavy atom. The second kappa shape index (κ2) is 8.15. The summed E-state index contributed by atoms with van der Waals surface area (Å²) in [6.07, 6.45) is 0.717. The number of amides is 1. The first-order valence-corrected chi connectivity index (χ1v) is 7.66. The molecule has 2 atom stereocenters. The summed E-state index contributed by atoms with van der Waals surface area (Å²) in [5.74, 6) is -1.33. The molecule has 0 fully saturated rings. The smallest absolute Gasteiger partial charge is 0.320 e. The predicted octanol–water partition coefficient (Wildman–Crippen LogP) is 2.98. The van der Waals surface area contributed by atoms with Crippen LogP contribution in [0.3, 0.4) is 0 Å². The van der Waals surface area contributed by atoms with Gasteiger partial charge < -0.3 is 10.4 Å². The van der Waals surface area contributed by atoms with Gasteiger partial charge in [-0.3, -0.25) is 14.9 Å². The molecule has 122 valence electrons. The summed E-state index contributed by atoms with van der Waals surface area (Å²) in [7, 11) is 0. The Kier molecular flexibility index (Phi) is 6.84. The fourth-order valence-electron chi connectivity index (χ4n) is 2.23. The number of halogens is 1. The van der Waals surface area contributed by atoms with E-state index in [1.165, 1.54) is 0 Å². The highest BCUT2D eigenvalue weighted by Gasteiger charge is 2.23. The number of aryl methyl sites for hydroxylation is 2. The van der Waals surface area contributed by atoms with Crippen molar-refractivity contribution < 1.29 is 14.7 Å². The van der Waals surface area contributed by atoms with E-state index in [9.17, 15) is 14.7 Å². The van der Waals surface area contributed by atoms with Crippen LogP contribution >= 0.6 is 11.6 Å². The van der Waals surface area contributed by atoms with Gasteiger partial charge in [-0.25, -0.2) is 0 Å². The van der Waals surface area contributed by atoms with Gasteiger partial charge in [0.1, 0.15) is 6.04 Å². The molecule has 1 aromatic rings. The minimum absolute atomic E-state index is 0.0602. The highest BCUT2D eigenvalue weighted by molar-refractivity contribution is 6.34. The number of aliphatic carboxylic acids is 1. The Morgan fingerprint density at radius 2 is 1.95 bits per heavy atom. The molecule has 6 heteroatoms. The van der Waals surface area contributed by atoms with Gasteiger partial charge >= 0.3 is 5.97 Å². The summed E-state index contributed by atoms with van der Waals surface area (Å²) < 4.78 is 0. The maximum atomic E-state index is 12.0. The number of anilines is 1. The number of carboxylic acids is 1. The van der Waals surface area contributed by atoms with Gasteiger partial charge in [0.05, 0.1) is 17.3 Å². The average Bonchev–Trinajstić information content (AvgIpc) is 2.42. The van der Waals surface area contributed by atoms with E-state index in [-0.39, 0.29) is 18.4 Å². The molecule has 22 heavy (non-hydrogen) atoms. The molecular weight excluding hydrogens is 304 g/mol. The van der Waals surface area contributed by atoms with Crippen LogP contribution in [-0.4, -0.2) is 29.6 Å². The third kappa shape index (κ3) is 5.00. The van der Waals surface area contributed by atoms with Crippen molar-refractivity contribution in [3.05, 3.63) is 28.3 Å². The van der Waals surface area contributed by atoms with Crippen LogP contribution < -0.4 is 10.6 Å². The topological polar surface area (TPSA) is 78.4 Å². The molecule has 0 spiro atoms. The fraction of sp³-hybridized carbons (Fsp3) is 0.500. The molecule has 0 aliphatic carbocycles. The highest BCUT2D eigenvalue weighted by atomic mass is 35.5. The summed E-state index contributed by atoms with van der Waals surface area (Å²) >= 11 is 6.14. The first kappa shape index (κ1) is 18.5. The standard InChI is InChI=1S/C16H23ClN2O3/c1-5-10(3)15(16(21)22)18-8-13(20)19-14-11(4)6-9(2)7-12(14)17/h6-7,10,15,18H,5,8H2,1-4H3,(H,19,20)(H,21,22)/t10-,15-/m0/s1. The summed E-state index contributed by atoms with van der Waals surface area (Å²) in [6.45, 7) is 7.46. The van der Waals surface area contributed by atoms with E-state index >= 15 is 0 Å². The van der Waals surface area contributed by atoms with E-state index < -0.39 is 12.0 Å². The van der Waals surface area contributed by atoms with Gasteiger partial charge in [-0.15, -0.1) is 0 Å². The van der Waals surface area contributed by atoms with E-state index in [2.05, 4.69) is 10.6 Å². The maximum Gasteiger partial charge on any atom is 0.320 e. The molecule has 0 aromatic heterocycles. The van der Waals surface area contributed by atoms with E-state index in [4.69, 9.17) is 11.6 Å². The van der Waals surface area contributed by atoms with Crippen LogP contribution in [0.2, 0.25) is 5.02 Å². The van der Waals surface area contributed by atoms with Crippen molar-refractivity contribution in [1.82, 2.24) is 5.32 Å². The maximum absolute atomic E-state index is 12.0. The molecule has 3 N–H and O–H groups in total. The van der Waals surface area contributed by atoms with E-state index in [1.807, 2.05) is 33.8 Å². The van der Waals surface area contributed by atoms with Crippen molar-refractivity contribution in [3.8, 4) is 0 Å². The molecule has 0 heterocycles. The van der Waals surface area contributed by atoms with Gasteiger partial charge in [0.2, 0.25) is 5.91 Å². The van der Waals surface area contributed by atoms with Crippen LogP contribution in [0.1, 0.15) is 31.4 Å². The Morgan fingerprint density at radius 1 is 1.32 bits per heavy atom. The number of carboxylic acid groups (broad SMARTS) is 1. The van der Waals surface area contributed by atoms with Gasteiger partial charge in [0, 0.05) is 0 Å². The molecule has 0 aliphatic heterocycles. The van der Waals surface area contributed by atoms with Crippen molar-refractivity contribution in [2.45, 2.75) is 40.2 Å². The first-order valence-electron chi connectivity index (χ1n) is 7.29. The van der Waals surface area contributed by atoms with Crippen LogP contribution in [0.5, 0.6) is 0 Å². The average molecular weight is 327 g/mol. The fourth-order valence-corrected chi connectivity index (χ4v) is 2.60. The number of carbonyl (C=O) groups excluding carboxylic acids is 1. The van der Waals surface area contributed by atoms with Gasteiger partial charge in [-0.2, -0.15) is 0 Å². The Labute approximate surface area is 136 Å². The summed E-state index contributed by atoms with van der Waals surface area (Å²) in [6, 6.07) is 2.95. The van der Waals surface area contributed by atoms with Gasteiger partial charge in [0.15, 0.2) is 0 Å². The van der Waals surface area contributed by atoms with E-state index in [0.29, 0.717) is 17.1 Å². The quantitative estimate of drug-likeness (QED) is 0.719. The lowest BCUT2D eigenvalue weighted by Gasteiger charge is -2.20. The minimum atomic E-state index is -0.952. The minimum Gasteiger partial charge on any atom is -0.480 e. The molecule has 1 rings (SSSR count). The molecule has 0 saturated carbocycles. The number of carbonyl (C=O) groups is 2. The van der Waals surface area contributed by atoms with Crippen molar-refractivity contribution in [3.63, 3.8) is 0 Å². The first-order chi connectivity index (χ1) is 10.3. The second-order valence-electron chi connectivity index (χ2n) is 5.57. The number of nitrogens with one attached hydrogen (secondary N) is 2. The molecule has 5 nitrogen and oxygen atoms in total. The molecule has 0 aliphatic rings. The molecule has 0 radical (unpaired) electrons. The summed E-state index contributed by atoms with van der Waals surface area (Å²) in [4.78, 5) is 23.2. The zero-order valence-electron chi connectivity index (χ0n) is 13.4. The summed E-state index contributed by atoms with van der Waals surface area (Å²) in [5.41, 5.74) is 2.45.